The lowest BCUT2D eigenvalue weighted by molar-refractivity contribution is 0.639. The summed E-state index contributed by atoms with van der Waals surface area (Å²) in [5, 5.41) is 7.39. The smallest absolute Gasteiger partial charge is 0.269 e. The van der Waals surface area contributed by atoms with Crippen LogP contribution in [0, 0.1) is 13.8 Å². The van der Waals surface area contributed by atoms with Crippen molar-refractivity contribution in [2.45, 2.75) is 33.7 Å². The van der Waals surface area contributed by atoms with E-state index in [4.69, 9.17) is 0 Å². The Morgan fingerprint density at radius 1 is 1.20 bits per heavy atom. The number of nitrogens with one attached hydrogen (secondary N) is 1. The molecule has 4 heteroatoms. The van der Waals surface area contributed by atoms with Crippen molar-refractivity contribution in [3.8, 4) is 0 Å². The molecule has 106 valence electrons. The first kappa shape index (κ1) is 14.3. The molecule has 0 aliphatic carbocycles. The van der Waals surface area contributed by atoms with E-state index in [-0.39, 0.29) is 5.56 Å². The zero-order valence-corrected chi connectivity index (χ0v) is 12.3. The van der Waals surface area contributed by atoms with Crippen LogP contribution < -0.4 is 10.9 Å². The molecule has 0 aliphatic heterocycles. The first-order valence-electron chi connectivity index (χ1n) is 6.97. The fraction of sp³-hybridized carbons (Fsp3) is 0.375. The molecular weight excluding hydrogens is 250 g/mol. The third-order valence-electron chi connectivity index (χ3n) is 3.35. The minimum atomic E-state index is -0.0793. The van der Waals surface area contributed by atoms with Gasteiger partial charge in [0.05, 0.1) is 18.4 Å². The van der Waals surface area contributed by atoms with Crippen LogP contribution in [0.15, 0.2) is 35.3 Å². The standard InChI is InChI=1S/C16H21N3O/c1-4-7-17-15-9-16(20)19(18-10-15)11-14-6-5-12(2)13(3)8-14/h5-6,8-10,17H,4,7,11H2,1-3H3. The number of rotatable bonds is 5. The van der Waals surface area contributed by atoms with Gasteiger partial charge in [-0.1, -0.05) is 25.1 Å². The van der Waals surface area contributed by atoms with Gasteiger partial charge in [0.1, 0.15) is 0 Å². The van der Waals surface area contributed by atoms with Crippen LogP contribution in [-0.2, 0) is 6.54 Å². The maximum absolute atomic E-state index is 12.0. The first-order valence-corrected chi connectivity index (χ1v) is 6.97. The Kier molecular flexibility index (Phi) is 4.56. The molecule has 20 heavy (non-hydrogen) atoms. The molecule has 1 heterocycles. The van der Waals surface area contributed by atoms with Crippen molar-refractivity contribution in [1.82, 2.24) is 9.78 Å². The molecule has 0 unspecified atom stereocenters. The second-order valence-corrected chi connectivity index (χ2v) is 5.09. The lowest BCUT2D eigenvalue weighted by atomic mass is 10.1. The molecule has 0 atom stereocenters. The van der Waals surface area contributed by atoms with Crippen LogP contribution in [0.3, 0.4) is 0 Å². The Balaban J connectivity index is 2.17. The quantitative estimate of drug-likeness (QED) is 0.909. The fourth-order valence-electron chi connectivity index (χ4n) is 1.99. The van der Waals surface area contributed by atoms with Gasteiger partial charge in [0, 0.05) is 12.6 Å². The average Bonchev–Trinajstić information content (AvgIpc) is 2.43. The molecule has 0 radical (unpaired) electrons. The van der Waals surface area contributed by atoms with Gasteiger partial charge < -0.3 is 5.32 Å². The second kappa shape index (κ2) is 6.37. The molecule has 2 rings (SSSR count). The number of hydrogen-bond acceptors (Lipinski definition) is 3. The summed E-state index contributed by atoms with van der Waals surface area (Å²) in [7, 11) is 0. The molecule has 1 aromatic heterocycles. The Morgan fingerprint density at radius 2 is 2.00 bits per heavy atom. The maximum Gasteiger partial charge on any atom is 0.269 e. The lowest BCUT2D eigenvalue weighted by Crippen LogP contribution is -2.23. The maximum atomic E-state index is 12.0. The summed E-state index contributed by atoms with van der Waals surface area (Å²) in [5.74, 6) is 0. The van der Waals surface area contributed by atoms with Gasteiger partial charge >= 0.3 is 0 Å². The van der Waals surface area contributed by atoms with Crippen molar-refractivity contribution in [2.24, 2.45) is 0 Å². The van der Waals surface area contributed by atoms with Gasteiger partial charge in [-0.25, -0.2) is 4.68 Å². The van der Waals surface area contributed by atoms with Gasteiger partial charge in [-0.05, 0) is 37.0 Å². The molecule has 4 nitrogen and oxygen atoms in total. The van der Waals surface area contributed by atoms with Crippen LogP contribution in [-0.4, -0.2) is 16.3 Å². The summed E-state index contributed by atoms with van der Waals surface area (Å²) < 4.78 is 1.49. The van der Waals surface area contributed by atoms with Gasteiger partial charge in [0.2, 0.25) is 0 Å². The highest BCUT2D eigenvalue weighted by atomic mass is 16.1. The number of nitrogens with zero attached hydrogens (tertiary/aromatic N) is 2. The summed E-state index contributed by atoms with van der Waals surface area (Å²) in [4.78, 5) is 12.0. The van der Waals surface area contributed by atoms with Crippen LogP contribution in [0.2, 0.25) is 0 Å². The normalized spacial score (nSPS) is 10.6. The number of hydrogen-bond donors (Lipinski definition) is 1. The molecule has 2 aromatic rings. The third kappa shape index (κ3) is 3.47. The highest BCUT2D eigenvalue weighted by Crippen LogP contribution is 2.10. The number of benzene rings is 1. The van der Waals surface area contributed by atoms with Crippen LogP contribution in [0.4, 0.5) is 5.69 Å². The zero-order valence-electron chi connectivity index (χ0n) is 12.3. The van der Waals surface area contributed by atoms with E-state index < -0.39 is 0 Å². The lowest BCUT2D eigenvalue weighted by Gasteiger charge is -2.09. The minimum Gasteiger partial charge on any atom is -0.384 e. The van der Waals surface area contributed by atoms with E-state index >= 15 is 0 Å². The SMILES string of the molecule is CCCNc1cnn(Cc2ccc(C)c(C)c2)c(=O)c1. The third-order valence-corrected chi connectivity index (χ3v) is 3.35. The first-order chi connectivity index (χ1) is 9.60. The van der Waals surface area contributed by atoms with E-state index in [2.05, 4.69) is 43.3 Å². The van der Waals surface area contributed by atoms with E-state index in [1.54, 1.807) is 12.3 Å². The van der Waals surface area contributed by atoms with Gasteiger partial charge in [-0.2, -0.15) is 5.10 Å². The molecule has 0 saturated carbocycles. The van der Waals surface area contributed by atoms with Gasteiger partial charge in [-0.3, -0.25) is 4.79 Å². The van der Waals surface area contributed by atoms with Crippen molar-refractivity contribution in [1.29, 1.82) is 0 Å². The molecule has 1 N–H and O–H groups in total. The van der Waals surface area contributed by atoms with E-state index in [9.17, 15) is 4.79 Å². The van der Waals surface area contributed by atoms with Crippen molar-refractivity contribution < 1.29 is 0 Å². The zero-order chi connectivity index (χ0) is 14.5. The predicted molar refractivity (Wildman–Crippen MR) is 82.3 cm³/mol. The van der Waals surface area contributed by atoms with Gasteiger partial charge in [0.25, 0.3) is 5.56 Å². The summed E-state index contributed by atoms with van der Waals surface area (Å²) in [5.41, 5.74) is 4.29. The molecule has 0 aliphatic rings. The van der Waals surface area contributed by atoms with E-state index in [0.29, 0.717) is 6.54 Å². The van der Waals surface area contributed by atoms with Crippen LogP contribution >= 0.6 is 0 Å². The molecule has 0 spiro atoms. The van der Waals surface area contributed by atoms with Crippen molar-refractivity contribution in [3.63, 3.8) is 0 Å². The second-order valence-electron chi connectivity index (χ2n) is 5.09. The Labute approximate surface area is 119 Å². The van der Waals surface area contributed by atoms with Crippen LogP contribution in [0.1, 0.15) is 30.0 Å². The Bertz CT molecular complexity index is 646. The predicted octanol–water partition coefficient (Wildman–Crippen LogP) is 2.73. The van der Waals surface area contributed by atoms with Crippen molar-refractivity contribution in [3.05, 3.63) is 57.5 Å². The fourth-order valence-corrected chi connectivity index (χ4v) is 1.99. The van der Waals surface area contributed by atoms with Gasteiger partial charge in [0.15, 0.2) is 0 Å². The van der Waals surface area contributed by atoms with E-state index in [1.165, 1.54) is 15.8 Å². The van der Waals surface area contributed by atoms with E-state index in [0.717, 1.165) is 24.2 Å². The molecule has 0 amide bonds. The minimum absolute atomic E-state index is 0.0793. The summed E-state index contributed by atoms with van der Waals surface area (Å²) >= 11 is 0. The van der Waals surface area contributed by atoms with Crippen LogP contribution in [0.25, 0.3) is 0 Å². The number of anilines is 1. The van der Waals surface area contributed by atoms with Crippen LogP contribution in [0.5, 0.6) is 0 Å². The summed E-state index contributed by atoms with van der Waals surface area (Å²) in [6, 6.07) is 7.82. The topological polar surface area (TPSA) is 46.9 Å². The monoisotopic (exact) mass is 271 g/mol. The van der Waals surface area contributed by atoms with Gasteiger partial charge in [-0.15, -0.1) is 0 Å². The number of aryl methyl sites for hydroxylation is 2. The largest absolute Gasteiger partial charge is 0.384 e. The van der Waals surface area contributed by atoms with E-state index in [1.807, 2.05) is 6.07 Å². The molecule has 0 fully saturated rings. The molecular formula is C16H21N3O. The highest BCUT2D eigenvalue weighted by Gasteiger charge is 2.02. The molecule has 0 saturated heterocycles. The molecule has 0 bridgehead atoms. The Morgan fingerprint density at radius 3 is 2.65 bits per heavy atom. The summed E-state index contributed by atoms with van der Waals surface area (Å²) in [6.45, 7) is 7.60. The summed E-state index contributed by atoms with van der Waals surface area (Å²) in [6.07, 6.45) is 2.73. The van der Waals surface area contributed by atoms with Crippen molar-refractivity contribution in [2.75, 3.05) is 11.9 Å². The molecule has 1 aromatic carbocycles. The van der Waals surface area contributed by atoms with Crippen molar-refractivity contribution >= 4 is 5.69 Å². The highest BCUT2D eigenvalue weighted by molar-refractivity contribution is 5.38. The Hall–Kier alpha value is -2.10. The number of aromatic nitrogens is 2. The average molecular weight is 271 g/mol.